The van der Waals surface area contributed by atoms with Crippen molar-refractivity contribution < 1.29 is 14.7 Å². The van der Waals surface area contributed by atoms with Gasteiger partial charge in [-0.2, -0.15) is 0 Å². The standard InChI is InChI=1S/C15H28N2O3.ClH/c1-11(2)5-4-6-12(3)16-14(18)10-17-8-7-13(9-17)15(19)20;/h11-13H,4-10H2,1-3H3,(H,16,18)(H,19,20);1H. The summed E-state index contributed by atoms with van der Waals surface area (Å²) in [6.07, 6.45) is 3.96. The average molecular weight is 321 g/mol. The molecule has 0 saturated carbocycles. The molecule has 1 heterocycles. The summed E-state index contributed by atoms with van der Waals surface area (Å²) in [4.78, 5) is 24.7. The first kappa shape index (κ1) is 20.2. The van der Waals surface area contributed by atoms with E-state index in [4.69, 9.17) is 5.11 Å². The molecular formula is C15H29ClN2O3. The maximum absolute atomic E-state index is 11.9. The third kappa shape index (κ3) is 8.27. The predicted octanol–water partition coefficient (Wildman–Crippen LogP) is 2.15. The minimum absolute atomic E-state index is 0. The second-order valence-electron chi connectivity index (χ2n) is 6.35. The number of amides is 1. The van der Waals surface area contributed by atoms with Crippen LogP contribution >= 0.6 is 12.4 Å². The first-order chi connectivity index (χ1) is 9.38. The molecule has 2 atom stereocenters. The molecule has 2 unspecified atom stereocenters. The Morgan fingerprint density at radius 3 is 2.48 bits per heavy atom. The summed E-state index contributed by atoms with van der Waals surface area (Å²) in [7, 11) is 0. The van der Waals surface area contributed by atoms with Gasteiger partial charge in [0.05, 0.1) is 12.5 Å². The van der Waals surface area contributed by atoms with Crippen molar-refractivity contribution in [1.29, 1.82) is 0 Å². The van der Waals surface area contributed by atoms with E-state index in [1.807, 2.05) is 11.8 Å². The fourth-order valence-corrected chi connectivity index (χ4v) is 2.61. The molecule has 0 aliphatic carbocycles. The van der Waals surface area contributed by atoms with E-state index in [1.165, 1.54) is 6.42 Å². The molecular weight excluding hydrogens is 292 g/mol. The summed E-state index contributed by atoms with van der Waals surface area (Å²) in [6, 6.07) is 0.194. The van der Waals surface area contributed by atoms with Gasteiger partial charge in [-0.05, 0) is 32.2 Å². The van der Waals surface area contributed by atoms with Crippen molar-refractivity contribution in [2.45, 2.75) is 52.5 Å². The van der Waals surface area contributed by atoms with Crippen LogP contribution in [0.25, 0.3) is 0 Å². The molecule has 1 rings (SSSR count). The number of nitrogens with one attached hydrogen (secondary N) is 1. The highest BCUT2D eigenvalue weighted by Gasteiger charge is 2.28. The second kappa shape index (κ2) is 10.0. The lowest BCUT2D eigenvalue weighted by Crippen LogP contribution is -2.40. The summed E-state index contributed by atoms with van der Waals surface area (Å²) >= 11 is 0. The highest BCUT2D eigenvalue weighted by atomic mass is 35.5. The third-order valence-corrected chi connectivity index (χ3v) is 3.81. The van der Waals surface area contributed by atoms with E-state index in [0.29, 0.717) is 32.0 Å². The van der Waals surface area contributed by atoms with E-state index >= 15 is 0 Å². The Bertz CT molecular complexity index is 337. The lowest BCUT2D eigenvalue weighted by Gasteiger charge is -2.18. The number of hydrogen-bond acceptors (Lipinski definition) is 3. The number of carbonyl (C=O) groups is 2. The third-order valence-electron chi connectivity index (χ3n) is 3.81. The van der Waals surface area contributed by atoms with Crippen molar-refractivity contribution >= 4 is 24.3 Å². The van der Waals surface area contributed by atoms with Gasteiger partial charge >= 0.3 is 5.97 Å². The molecule has 0 aromatic rings. The average Bonchev–Trinajstić information content (AvgIpc) is 2.76. The summed E-state index contributed by atoms with van der Waals surface area (Å²) in [5, 5.41) is 11.9. The molecule has 0 spiro atoms. The largest absolute Gasteiger partial charge is 0.481 e. The van der Waals surface area contributed by atoms with Crippen LogP contribution in [0.4, 0.5) is 0 Å². The van der Waals surface area contributed by atoms with Gasteiger partial charge < -0.3 is 10.4 Å². The topological polar surface area (TPSA) is 69.6 Å². The van der Waals surface area contributed by atoms with Crippen molar-refractivity contribution in [1.82, 2.24) is 10.2 Å². The Balaban J connectivity index is 0.00000400. The van der Waals surface area contributed by atoms with Crippen LogP contribution in [0.1, 0.15) is 46.5 Å². The second-order valence-corrected chi connectivity index (χ2v) is 6.35. The van der Waals surface area contributed by atoms with E-state index in [9.17, 15) is 9.59 Å². The van der Waals surface area contributed by atoms with Crippen LogP contribution in [0.3, 0.4) is 0 Å². The van der Waals surface area contributed by atoms with E-state index in [0.717, 1.165) is 12.8 Å². The van der Waals surface area contributed by atoms with Crippen LogP contribution in [-0.4, -0.2) is 47.6 Å². The van der Waals surface area contributed by atoms with Gasteiger partial charge in [0.1, 0.15) is 0 Å². The van der Waals surface area contributed by atoms with Crippen LogP contribution in [0.2, 0.25) is 0 Å². The molecule has 0 aromatic carbocycles. The van der Waals surface area contributed by atoms with Gasteiger partial charge in [0.15, 0.2) is 0 Å². The number of likely N-dealkylation sites (tertiary alicyclic amines) is 1. The van der Waals surface area contributed by atoms with Crippen LogP contribution in [-0.2, 0) is 9.59 Å². The molecule has 5 nitrogen and oxygen atoms in total. The summed E-state index contributed by atoms with van der Waals surface area (Å²) in [6.45, 7) is 7.95. The van der Waals surface area contributed by atoms with E-state index in [-0.39, 0.29) is 30.3 Å². The molecule has 1 amide bonds. The number of rotatable bonds is 8. The molecule has 6 heteroatoms. The SMILES string of the molecule is CC(C)CCCC(C)NC(=O)CN1CCC(C(=O)O)C1.Cl. The first-order valence-corrected chi connectivity index (χ1v) is 7.63. The zero-order chi connectivity index (χ0) is 15.1. The Labute approximate surface area is 133 Å². The van der Waals surface area contributed by atoms with Crippen molar-refractivity contribution in [2.75, 3.05) is 19.6 Å². The monoisotopic (exact) mass is 320 g/mol. The quantitative estimate of drug-likeness (QED) is 0.719. The molecule has 1 aliphatic heterocycles. The van der Waals surface area contributed by atoms with Gasteiger partial charge in [0, 0.05) is 12.6 Å². The Hall–Kier alpha value is -0.810. The normalized spacial score (nSPS) is 20.1. The first-order valence-electron chi connectivity index (χ1n) is 7.63. The number of aliphatic carboxylic acids is 1. The number of carboxylic acid groups (broad SMARTS) is 1. The zero-order valence-electron chi connectivity index (χ0n) is 13.3. The lowest BCUT2D eigenvalue weighted by molar-refractivity contribution is -0.141. The van der Waals surface area contributed by atoms with Gasteiger partial charge in [-0.1, -0.05) is 26.7 Å². The molecule has 0 aromatic heterocycles. The number of carbonyl (C=O) groups excluding carboxylic acids is 1. The molecule has 124 valence electrons. The Morgan fingerprint density at radius 2 is 1.95 bits per heavy atom. The Kier molecular flexibility index (Phi) is 9.62. The fraction of sp³-hybridized carbons (Fsp3) is 0.867. The minimum Gasteiger partial charge on any atom is -0.481 e. The molecule has 2 N–H and O–H groups in total. The lowest BCUT2D eigenvalue weighted by atomic mass is 10.0. The minimum atomic E-state index is -0.755. The number of nitrogens with zero attached hydrogens (tertiary/aromatic N) is 1. The van der Waals surface area contributed by atoms with E-state index in [2.05, 4.69) is 19.2 Å². The number of carboxylic acids is 1. The van der Waals surface area contributed by atoms with Gasteiger partial charge in [-0.25, -0.2) is 0 Å². The maximum atomic E-state index is 11.9. The van der Waals surface area contributed by atoms with Crippen molar-refractivity contribution in [2.24, 2.45) is 11.8 Å². The Morgan fingerprint density at radius 1 is 1.29 bits per heavy atom. The summed E-state index contributed by atoms with van der Waals surface area (Å²) in [5.41, 5.74) is 0. The van der Waals surface area contributed by atoms with Crippen LogP contribution in [0.5, 0.6) is 0 Å². The van der Waals surface area contributed by atoms with Gasteiger partial charge in [0.25, 0.3) is 0 Å². The molecule has 1 aliphatic rings. The van der Waals surface area contributed by atoms with Crippen LogP contribution < -0.4 is 5.32 Å². The summed E-state index contributed by atoms with van der Waals surface area (Å²) < 4.78 is 0. The maximum Gasteiger partial charge on any atom is 0.307 e. The van der Waals surface area contributed by atoms with Crippen molar-refractivity contribution in [3.63, 3.8) is 0 Å². The summed E-state index contributed by atoms with van der Waals surface area (Å²) in [5.74, 6) is -0.357. The predicted molar refractivity (Wildman–Crippen MR) is 85.7 cm³/mol. The van der Waals surface area contributed by atoms with Gasteiger partial charge in [0.2, 0.25) is 5.91 Å². The van der Waals surface area contributed by atoms with E-state index in [1.54, 1.807) is 0 Å². The molecule has 0 bridgehead atoms. The smallest absolute Gasteiger partial charge is 0.307 e. The molecule has 21 heavy (non-hydrogen) atoms. The zero-order valence-corrected chi connectivity index (χ0v) is 14.1. The highest BCUT2D eigenvalue weighted by Crippen LogP contribution is 2.15. The molecule has 1 fully saturated rings. The van der Waals surface area contributed by atoms with Crippen molar-refractivity contribution in [3.8, 4) is 0 Å². The van der Waals surface area contributed by atoms with Crippen molar-refractivity contribution in [3.05, 3.63) is 0 Å². The fourth-order valence-electron chi connectivity index (χ4n) is 2.61. The number of halogens is 1. The highest BCUT2D eigenvalue weighted by molar-refractivity contribution is 5.85. The molecule has 1 saturated heterocycles. The molecule has 0 radical (unpaired) electrons. The van der Waals surface area contributed by atoms with Gasteiger partial charge in [-0.3, -0.25) is 14.5 Å². The number of hydrogen-bond donors (Lipinski definition) is 2. The van der Waals surface area contributed by atoms with Gasteiger partial charge in [-0.15, -0.1) is 12.4 Å². The van der Waals surface area contributed by atoms with Crippen LogP contribution in [0, 0.1) is 11.8 Å². The van der Waals surface area contributed by atoms with E-state index < -0.39 is 5.97 Å². The van der Waals surface area contributed by atoms with Crippen LogP contribution in [0.15, 0.2) is 0 Å².